The van der Waals surface area contributed by atoms with Crippen molar-refractivity contribution in [3.8, 4) is 5.75 Å². The number of likely N-dealkylation sites (tertiary alicyclic amines) is 1. The number of hydrogen-bond donors (Lipinski definition) is 3. The van der Waals surface area contributed by atoms with Gasteiger partial charge in [-0.05, 0) is 47.4 Å². The molecule has 7 heteroatoms. The second-order valence-corrected chi connectivity index (χ2v) is 8.97. The SMILES string of the molecule is COc1ccc2[nH]cc(CCN3C(=O)C4NNC(c5ccccc5)C4C3c3cccnc3)c2c1. The van der Waals surface area contributed by atoms with Crippen molar-refractivity contribution in [2.24, 2.45) is 5.92 Å². The Hall–Kier alpha value is -3.68. The standard InChI is InChI=1S/C27H27N5O2/c1-34-20-9-10-22-21(14-20)18(16-29-22)11-13-32-26(19-8-5-12-28-15-19)23-24(17-6-3-2-4-7-17)30-31-25(23)27(32)33/h2-10,12,14-16,23-26,29-31H,11,13H2,1H3. The predicted octanol–water partition coefficient (Wildman–Crippen LogP) is 3.53. The number of nitrogens with zero attached hydrogens (tertiary/aromatic N) is 2. The number of fused-ring (bicyclic) bond motifs is 2. The summed E-state index contributed by atoms with van der Waals surface area (Å²) in [6.45, 7) is 0.624. The zero-order chi connectivity index (χ0) is 23.1. The Morgan fingerprint density at radius 1 is 1.00 bits per heavy atom. The number of benzene rings is 2. The Morgan fingerprint density at radius 3 is 2.62 bits per heavy atom. The molecule has 4 aromatic rings. The van der Waals surface area contributed by atoms with Crippen LogP contribution in [-0.4, -0.2) is 40.5 Å². The number of aromatic amines is 1. The molecule has 0 radical (unpaired) electrons. The lowest BCUT2D eigenvalue weighted by molar-refractivity contribution is -0.130. The third-order valence-corrected chi connectivity index (χ3v) is 7.19. The first kappa shape index (κ1) is 20.9. The molecule has 2 aromatic carbocycles. The third kappa shape index (κ3) is 3.45. The smallest absolute Gasteiger partial charge is 0.242 e. The maximum atomic E-state index is 13.6. The van der Waals surface area contributed by atoms with Crippen LogP contribution in [0.15, 0.2) is 79.3 Å². The molecule has 2 fully saturated rings. The first-order chi connectivity index (χ1) is 16.7. The van der Waals surface area contributed by atoms with Gasteiger partial charge in [0.15, 0.2) is 0 Å². The number of carbonyl (C=O) groups excluding carboxylic acids is 1. The van der Waals surface area contributed by atoms with Crippen LogP contribution in [0.5, 0.6) is 5.75 Å². The largest absolute Gasteiger partial charge is 0.497 e. The number of carbonyl (C=O) groups is 1. The second-order valence-electron chi connectivity index (χ2n) is 8.97. The minimum Gasteiger partial charge on any atom is -0.497 e. The topological polar surface area (TPSA) is 82.3 Å². The molecule has 1 amide bonds. The number of aromatic nitrogens is 2. The molecular formula is C27H27N5O2. The van der Waals surface area contributed by atoms with Crippen molar-refractivity contribution in [3.05, 3.63) is 95.9 Å². The van der Waals surface area contributed by atoms with Crippen LogP contribution in [0, 0.1) is 5.92 Å². The molecule has 172 valence electrons. The highest BCUT2D eigenvalue weighted by Gasteiger charge is 2.55. The van der Waals surface area contributed by atoms with Crippen LogP contribution < -0.4 is 15.6 Å². The van der Waals surface area contributed by atoms with Crippen LogP contribution in [0.3, 0.4) is 0 Å². The minimum atomic E-state index is -0.279. The quantitative estimate of drug-likeness (QED) is 0.416. The van der Waals surface area contributed by atoms with Gasteiger partial charge in [-0.3, -0.25) is 9.78 Å². The minimum absolute atomic E-state index is 0.0303. The van der Waals surface area contributed by atoms with Gasteiger partial charge in [0, 0.05) is 42.0 Å². The summed E-state index contributed by atoms with van der Waals surface area (Å²) in [5, 5.41) is 1.13. The van der Waals surface area contributed by atoms with Crippen LogP contribution in [0.1, 0.15) is 28.8 Å². The molecule has 7 nitrogen and oxygen atoms in total. The van der Waals surface area contributed by atoms with Gasteiger partial charge in [0.25, 0.3) is 0 Å². The highest BCUT2D eigenvalue weighted by molar-refractivity contribution is 5.87. The molecule has 0 aliphatic carbocycles. The zero-order valence-electron chi connectivity index (χ0n) is 18.9. The van der Waals surface area contributed by atoms with E-state index in [1.807, 2.05) is 53.7 Å². The second kappa shape index (κ2) is 8.59. The molecule has 2 aromatic heterocycles. The van der Waals surface area contributed by atoms with E-state index in [-0.39, 0.29) is 30.0 Å². The van der Waals surface area contributed by atoms with Gasteiger partial charge in [0.2, 0.25) is 5.91 Å². The molecule has 0 spiro atoms. The van der Waals surface area contributed by atoms with E-state index in [0.29, 0.717) is 6.54 Å². The van der Waals surface area contributed by atoms with Gasteiger partial charge >= 0.3 is 0 Å². The predicted molar refractivity (Wildman–Crippen MR) is 130 cm³/mol. The van der Waals surface area contributed by atoms with E-state index in [9.17, 15) is 4.79 Å². The summed E-state index contributed by atoms with van der Waals surface area (Å²) in [6.07, 6.45) is 6.46. The van der Waals surface area contributed by atoms with Crippen molar-refractivity contribution in [3.63, 3.8) is 0 Å². The summed E-state index contributed by atoms with van der Waals surface area (Å²) in [6, 6.07) is 20.1. The summed E-state index contributed by atoms with van der Waals surface area (Å²) in [4.78, 5) is 23.4. The summed E-state index contributed by atoms with van der Waals surface area (Å²) in [7, 11) is 1.68. The molecule has 3 N–H and O–H groups in total. The molecule has 4 atom stereocenters. The van der Waals surface area contributed by atoms with Gasteiger partial charge in [0.1, 0.15) is 11.8 Å². The fraction of sp³-hybridized carbons (Fsp3) is 0.259. The van der Waals surface area contributed by atoms with E-state index >= 15 is 0 Å². The number of nitrogens with one attached hydrogen (secondary N) is 3. The van der Waals surface area contributed by atoms with Crippen LogP contribution in [0.25, 0.3) is 10.9 Å². The van der Waals surface area contributed by atoms with Crippen LogP contribution in [0.2, 0.25) is 0 Å². The Kier molecular flexibility index (Phi) is 5.28. The highest BCUT2D eigenvalue weighted by Crippen LogP contribution is 2.47. The maximum Gasteiger partial charge on any atom is 0.242 e. The van der Waals surface area contributed by atoms with Gasteiger partial charge in [-0.15, -0.1) is 0 Å². The van der Waals surface area contributed by atoms with E-state index in [2.05, 4.69) is 45.1 Å². The van der Waals surface area contributed by atoms with Crippen LogP contribution in [-0.2, 0) is 11.2 Å². The van der Waals surface area contributed by atoms with Crippen molar-refractivity contribution >= 4 is 16.8 Å². The number of hydrogen-bond acceptors (Lipinski definition) is 5. The van der Waals surface area contributed by atoms with Crippen molar-refractivity contribution in [1.29, 1.82) is 0 Å². The monoisotopic (exact) mass is 453 g/mol. The van der Waals surface area contributed by atoms with Crippen molar-refractivity contribution < 1.29 is 9.53 Å². The Labute approximate surface area is 198 Å². The summed E-state index contributed by atoms with van der Waals surface area (Å²) in [5.74, 6) is 1.01. The van der Waals surface area contributed by atoms with Crippen LogP contribution in [0.4, 0.5) is 0 Å². The lowest BCUT2D eigenvalue weighted by Gasteiger charge is -2.31. The molecular weight excluding hydrogens is 426 g/mol. The fourth-order valence-corrected chi connectivity index (χ4v) is 5.58. The van der Waals surface area contributed by atoms with Crippen molar-refractivity contribution in [2.75, 3.05) is 13.7 Å². The van der Waals surface area contributed by atoms with Gasteiger partial charge in [-0.1, -0.05) is 36.4 Å². The number of methoxy groups -OCH3 is 1. The Bertz CT molecular complexity index is 1310. The average Bonchev–Trinajstić information content (AvgIpc) is 3.57. The van der Waals surface area contributed by atoms with E-state index in [1.54, 1.807) is 13.3 Å². The summed E-state index contributed by atoms with van der Waals surface area (Å²) >= 11 is 0. The first-order valence-electron chi connectivity index (χ1n) is 11.6. The number of pyridine rings is 1. The molecule has 2 aliphatic rings. The molecule has 4 unspecified atom stereocenters. The van der Waals surface area contributed by atoms with E-state index in [4.69, 9.17) is 4.74 Å². The summed E-state index contributed by atoms with van der Waals surface area (Å²) < 4.78 is 5.42. The van der Waals surface area contributed by atoms with Crippen molar-refractivity contribution in [2.45, 2.75) is 24.5 Å². The first-order valence-corrected chi connectivity index (χ1v) is 11.6. The molecule has 4 heterocycles. The normalized spacial score (nSPS) is 24.0. The van der Waals surface area contributed by atoms with E-state index in [0.717, 1.165) is 28.6 Å². The molecule has 0 bridgehead atoms. The molecule has 34 heavy (non-hydrogen) atoms. The number of amides is 1. The Balaban J connectivity index is 1.33. The molecule has 2 aliphatic heterocycles. The third-order valence-electron chi connectivity index (χ3n) is 7.19. The average molecular weight is 454 g/mol. The summed E-state index contributed by atoms with van der Waals surface area (Å²) in [5.41, 5.74) is 11.2. The number of H-pyrrole nitrogens is 1. The zero-order valence-corrected chi connectivity index (χ0v) is 18.9. The van der Waals surface area contributed by atoms with Gasteiger partial charge in [-0.2, -0.15) is 0 Å². The van der Waals surface area contributed by atoms with Crippen LogP contribution >= 0.6 is 0 Å². The molecule has 0 saturated carbocycles. The highest BCUT2D eigenvalue weighted by atomic mass is 16.5. The number of hydrazine groups is 1. The van der Waals surface area contributed by atoms with Gasteiger partial charge < -0.3 is 14.6 Å². The lowest BCUT2D eigenvalue weighted by atomic mass is 9.84. The van der Waals surface area contributed by atoms with Gasteiger partial charge in [-0.25, -0.2) is 10.9 Å². The number of ether oxygens (including phenoxy) is 1. The van der Waals surface area contributed by atoms with Gasteiger partial charge in [0.05, 0.1) is 19.2 Å². The van der Waals surface area contributed by atoms with E-state index in [1.165, 1.54) is 11.1 Å². The maximum absolute atomic E-state index is 13.6. The molecule has 2 saturated heterocycles. The van der Waals surface area contributed by atoms with E-state index < -0.39 is 0 Å². The lowest BCUT2D eigenvalue weighted by Crippen LogP contribution is -2.42. The van der Waals surface area contributed by atoms with Crippen molar-refractivity contribution in [1.82, 2.24) is 25.7 Å². The Morgan fingerprint density at radius 2 is 1.82 bits per heavy atom. The molecule has 6 rings (SSSR count). The number of rotatable bonds is 6. The fourth-order valence-electron chi connectivity index (χ4n) is 5.58.